The van der Waals surface area contributed by atoms with E-state index in [4.69, 9.17) is 4.74 Å². The number of benzene rings is 1. The highest BCUT2D eigenvalue weighted by Crippen LogP contribution is 2.52. The Labute approximate surface area is 129 Å². The molecule has 0 unspecified atom stereocenters. The number of H-pyrrole nitrogens is 1. The lowest BCUT2D eigenvalue weighted by Crippen LogP contribution is -2.67. The number of urea groups is 1. The number of carbonyl (C=O) groups excluding carboxylic acids is 1. The highest BCUT2D eigenvalue weighted by atomic mass is 16.5. The lowest BCUT2D eigenvalue weighted by Gasteiger charge is -2.54. The Kier molecular flexibility index (Phi) is 2.94. The number of nitrogens with one attached hydrogen (secondary N) is 3. The van der Waals surface area contributed by atoms with Crippen LogP contribution in [0.1, 0.15) is 20.3 Å². The zero-order chi connectivity index (χ0) is 15.3. The van der Waals surface area contributed by atoms with E-state index in [-0.39, 0.29) is 23.6 Å². The largest absolute Gasteiger partial charge is 0.377 e. The second kappa shape index (κ2) is 4.74. The lowest BCUT2D eigenvalue weighted by atomic mass is 9.57. The summed E-state index contributed by atoms with van der Waals surface area (Å²) >= 11 is 0. The Morgan fingerprint density at radius 2 is 2.23 bits per heavy atom. The van der Waals surface area contributed by atoms with Crippen molar-refractivity contribution in [3.63, 3.8) is 0 Å². The molecule has 1 aliphatic heterocycles. The molecule has 2 aliphatic rings. The molecule has 0 radical (unpaired) electrons. The fourth-order valence-corrected chi connectivity index (χ4v) is 4.11. The number of aromatic nitrogens is 1. The average Bonchev–Trinajstić information content (AvgIpc) is 3.13. The maximum Gasteiger partial charge on any atom is 0.319 e. The van der Waals surface area contributed by atoms with Crippen molar-refractivity contribution in [2.45, 2.75) is 32.4 Å². The molecule has 3 atom stereocenters. The van der Waals surface area contributed by atoms with Crippen molar-refractivity contribution in [3.8, 4) is 0 Å². The number of anilines is 1. The summed E-state index contributed by atoms with van der Waals surface area (Å²) in [7, 11) is 0. The van der Waals surface area contributed by atoms with Gasteiger partial charge in [0, 0.05) is 41.1 Å². The molecule has 116 valence electrons. The van der Waals surface area contributed by atoms with Crippen LogP contribution in [-0.4, -0.2) is 29.8 Å². The minimum absolute atomic E-state index is 0.00139. The van der Waals surface area contributed by atoms with Gasteiger partial charge in [0.05, 0.1) is 11.8 Å². The molecular weight excluding hydrogens is 278 g/mol. The smallest absolute Gasteiger partial charge is 0.319 e. The molecule has 5 nitrogen and oxygen atoms in total. The first-order valence-electron chi connectivity index (χ1n) is 7.82. The van der Waals surface area contributed by atoms with E-state index < -0.39 is 0 Å². The number of hydrogen-bond donors (Lipinski definition) is 3. The molecule has 1 aliphatic carbocycles. The van der Waals surface area contributed by atoms with Gasteiger partial charge in [0.2, 0.25) is 0 Å². The molecule has 1 saturated heterocycles. The Balaban J connectivity index is 1.48. The molecule has 1 saturated carbocycles. The Hall–Kier alpha value is -2.01. The van der Waals surface area contributed by atoms with Crippen molar-refractivity contribution in [1.82, 2.24) is 10.3 Å². The molecule has 2 amide bonds. The van der Waals surface area contributed by atoms with Gasteiger partial charge >= 0.3 is 6.03 Å². The fraction of sp³-hybridized carbons (Fsp3) is 0.471. The monoisotopic (exact) mass is 299 g/mol. The number of carbonyl (C=O) groups is 1. The standard InChI is InChI=1S/C17H21N3O2/c1-17(2)14(11-7-9-22-15(11)17)20-16(21)19-13-5-3-4-12-10(13)6-8-18-12/h3-6,8,11,14-15,18H,7,9H2,1-2H3,(H2,19,20,21)/t11-,14-,15-/m1/s1. The van der Waals surface area contributed by atoms with Gasteiger partial charge < -0.3 is 20.4 Å². The van der Waals surface area contributed by atoms with E-state index in [1.54, 1.807) is 0 Å². The van der Waals surface area contributed by atoms with E-state index in [0.29, 0.717) is 5.92 Å². The first kappa shape index (κ1) is 13.6. The maximum absolute atomic E-state index is 12.4. The lowest BCUT2D eigenvalue weighted by molar-refractivity contribution is -0.107. The van der Waals surface area contributed by atoms with Crippen molar-refractivity contribution in [2.24, 2.45) is 11.3 Å². The molecule has 0 spiro atoms. The summed E-state index contributed by atoms with van der Waals surface area (Å²) in [6, 6.07) is 7.85. The van der Waals surface area contributed by atoms with Gasteiger partial charge in [-0.3, -0.25) is 0 Å². The minimum Gasteiger partial charge on any atom is -0.377 e. The number of ether oxygens (including phenoxy) is 1. The van der Waals surface area contributed by atoms with Crippen molar-refractivity contribution in [1.29, 1.82) is 0 Å². The summed E-state index contributed by atoms with van der Waals surface area (Å²) in [6.07, 6.45) is 3.20. The van der Waals surface area contributed by atoms with E-state index in [1.807, 2.05) is 30.5 Å². The third kappa shape index (κ3) is 1.92. The predicted molar refractivity (Wildman–Crippen MR) is 85.9 cm³/mol. The van der Waals surface area contributed by atoms with Crippen LogP contribution in [-0.2, 0) is 4.74 Å². The van der Waals surface area contributed by atoms with Gasteiger partial charge in [0.1, 0.15) is 0 Å². The van der Waals surface area contributed by atoms with Gasteiger partial charge in [0.25, 0.3) is 0 Å². The summed E-state index contributed by atoms with van der Waals surface area (Å²) < 4.78 is 5.77. The molecule has 2 heterocycles. The van der Waals surface area contributed by atoms with Crippen LogP contribution >= 0.6 is 0 Å². The van der Waals surface area contributed by atoms with Crippen LogP contribution in [0.3, 0.4) is 0 Å². The first-order chi connectivity index (χ1) is 10.6. The van der Waals surface area contributed by atoms with Crippen LogP contribution < -0.4 is 10.6 Å². The molecule has 1 aromatic carbocycles. The highest BCUT2D eigenvalue weighted by molar-refractivity contribution is 6.00. The molecule has 3 N–H and O–H groups in total. The second-order valence-electron chi connectivity index (χ2n) is 6.89. The van der Waals surface area contributed by atoms with Gasteiger partial charge in [-0.25, -0.2) is 4.79 Å². The van der Waals surface area contributed by atoms with E-state index in [2.05, 4.69) is 29.5 Å². The molecule has 0 bridgehead atoms. The fourth-order valence-electron chi connectivity index (χ4n) is 4.11. The summed E-state index contributed by atoms with van der Waals surface area (Å²) in [5, 5.41) is 7.14. The third-order valence-corrected chi connectivity index (χ3v) is 5.23. The summed E-state index contributed by atoms with van der Waals surface area (Å²) in [5.41, 5.74) is 1.84. The number of amides is 2. The zero-order valence-corrected chi connectivity index (χ0v) is 12.8. The van der Waals surface area contributed by atoms with Crippen molar-refractivity contribution in [2.75, 3.05) is 11.9 Å². The normalized spacial score (nSPS) is 28.9. The Morgan fingerprint density at radius 3 is 3.09 bits per heavy atom. The van der Waals surface area contributed by atoms with Gasteiger partial charge in [-0.05, 0) is 24.6 Å². The van der Waals surface area contributed by atoms with E-state index in [9.17, 15) is 4.79 Å². The van der Waals surface area contributed by atoms with Gasteiger partial charge in [0.15, 0.2) is 0 Å². The number of hydrogen-bond acceptors (Lipinski definition) is 2. The zero-order valence-electron chi connectivity index (χ0n) is 12.8. The molecule has 2 fully saturated rings. The average molecular weight is 299 g/mol. The summed E-state index contributed by atoms with van der Waals surface area (Å²) in [4.78, 5) is 15.5. The molecular formula is C17H21N3O2. The molecule has 1 aromatic heterocycles. The van der Waals surface area contributed by atoms with Crippen molar-refractivity contribution >= 4 is 22.6 Å². The van der Waals surface area contributed by atoms with Crippen molar-refractivity contribution in [3.05, 3.63) is 30.5 Å². The Bertz CT molecular complexity index is 722. The number of fused-ring (bicyclic) bond motifs is 2. The quantitative estimate of drug-likeness (QED) is 0.797. The van der Waals surface area contributed by atoms with Crippen LogP contribution in [0.5, 0.6) is 0 Å². The first-order valence-corrected chi connectivity index (χ1v) is 7.82. The van der Waals surface area contributed by atoms with Crippen LogP contribution in [0.4, 0.5) is 10.5 Å². The SMILES string of the molecule is CC1(C)[C@H](NC(=O)Nc2cccc3[nH]ccc23)[C@H]2CCO[C@H]21. The van der Waals surface area contributed by atoms with E-state index in [1.165, 1.54) is 0 Å². The highest BCUT2D eigenvalue weighted by Gasteiger charge is 2.59. The van der Waals surface area contributed by atoms with Crippen LogP contribution in [0.25, 0.3) is 10.9 Å². The molecule has 5 heteroatoms. The predicted octanol–water partition coefficient (Wildman–Crippen LogP) is 3.10. The van der Waals surface area contributed by atoms with Crippen LogP contribution in [0.15, 0.2) is 30.5 Å². The number of aromatic amines is 1. The van der Waals surface area contributed by atoms with Crippen LogP contribution in [0.2, 0.25) is 0 Å². The molecule has 22 heavy (non-hydrogen) atoms. The maximum atomic E-state index is 12.4. The summed E-state index contributed by atoms with van der Waals surface area (Å²) in [5.74, 6) is 0.448. The van der Waals surface area contributed by atoms with E-state index >= 15 is 0 Å². The third-order valence-electron chi connectivity index (χ3n) is 5.23. The van der Waals surface area contributed by atoms with Crippen molar-refractivity contribution < 1.29 is 9.53 Å². The number of rotatable bonds is 2. The molecule has 4 rings (SSSR count). The minimum atomic E-state index is -0.142. The van der Waals surface area contributed by atoms with Gasteiger partial charge in [-0.15, -0.1) is 0 Å². The second-order valence-corrected chi connectivity index (χ2v) is 6.89. The van der Waals surface area contributed by atoms with Gasteiger partial charge in [-0.2, -0.15) is 0 Å². The van der Waals surface area contributed by atoms with Gasteiger partial charge in [-0.1, -0.05) is 19.9 Å². The van der Waals surface area contributed by atoms with E-state index in [0.717, 1.165) is 29.6 Å². The summed E-state index contributed by atoms with van der Waals surface area (Å²) in [6.45, 7) is 5.13. The Morgan fingerprint density at radius 1 is 1.36 bits per heavy atom. The topological polar surface area (TPSA) is 66.2 Å². The molecule has 2 aromatic rings. The van der Waals surface area contributed by atoms with Crippen LogP contribution in [0, 0.1) is 11.3 Å².